The largest absolute Gasteiger partial charge is 0.481 e. The van der Waals surface area contributed by atoms with Gasteiger partial charge in [0, 0.05) is 37.2 Å². The Kier molecular flexibility index (Phi) is 4.30. The molecule has 0 radical (unpaired) electrons. The van der Waals surface area contributed by atoms with Gasteiger partial charge in [0.05, 0.1) is 13.7 Å². The van der Waals surface area contributed by atoms with Crippen molar-refractivity contribution in [3.63, 3.8) is 0 Å². The van der Waals surface area contributed by atoms with Gasteiger partial charge in [-0.2, -0.15) is 0 Å². The minimum Gasteiger partial charge on any atom is -0.481 e. The monoisotopic (exact) mass is 246 g/mol. The summed E-state index contributed by atoms with van der Waals surface area (Å²) in [6.07, 6.45) is 5.54. The van der Waals surface area contributed by atoms with Gasteiger partial charge in [-0.3, -0.25) is 0 Å². The van der Waals surface area contributed by atoms with E-state index in [2.05, 4.69) is 26.8 Å². The highest BCUT2D eigenvalue weighted by molar-refractivity contribution is 5.24. The molecule has 0 atom stereocenters. The second-order valence-electron chi connectivity index (χ2n) is 3.90. The zero-order valence-corrected chi connectivity index (χ0v) is 10.8. The Morgan fingerprint density at radius 2 is 2.17 bits per heavy atom. The van der Waals surface area contributed by atoms with Crippen molar-refractivity contribution < 1.29 is 4.74 Å². The van der Waals surface area contributed by atoms with Crippen molar-refractivity contribution in [2.75, 3.05) is 7.11 Å². The summed E-state index contributed by atoms with van der Waals surface area (Å²) in [7, 11) is 1.63. The third-order valence-electron chi connectivity index (χ3n) is 2.78. The van der Waals surface area contributed by atoms with Gasteiger partial charge in [-0.15, -0.1) is 0 Å². The van der Waals surface area contributed by atoms with Crippen molar-refractivity contribution in [2.45, 2.75) is 26.6 Å². The Morgan fingerprint density at radius 3 is 2.94 bits per heavy atom. The van der Waals surface area contributed by atoms with Crippen molar-refractivity contribution in [2.24, 2.45) is 0 Å². The Labute approximate surface area is 107 Å². The maximum atomic E-state index is 5.21. The average molecular weight is 246 g/mol. The molecule has 0 spiro atoms. The standard InChI is InChI=1S/C13H18N4O/c1-3-17-8-7-15-12(17)10-14-9-11-5-4-6-16-13(11)18-2/h4-8,14H,3,9-10H2,1-2H3. The first-order valence-electron chi connectivity index (χ1n) is 6.03. The Morgan fingerprint density at radius 1 is 1.28 bits per heavy atom. The van der Waals surface area contributed by atoms with Crippen LogP contribution in [0.15, 0.2) is 30.7 Å². The van der Waals surface area contributed by atoms with Gasteiger partial charge in [0.2, 0.25) is 5.88 Å². The second-order valence-corrected chi connectivity index (χ2v) is 3.90. The number of pyridine rings is 1. The summed E-state index contributed by atoms with van der Waals surface area (Å²) < 4.78 is 7.32. The molecule has 0 aliphatic carbocycles. The van der Waals surface area contributed by atoms with Crippen LogP contribution in [0.25, 0.3) is 0 Å². The smallest absolute Gasteiger partial charge is 0.217 e. The van der Waals surface area contributed by atoms with E-state index in [1.165, 1.54) is 0 Å². The number of aryl methyl sites for hydroxylation is 1. The number of methoxy groups -OCH3 is 1. The molecule has 0 saturated carbocycles. The molecule has 0 bridgehead atoms. The third-order valence-corrected chi connectivity index (χ3v) is 2.78. The summed E-state index contributed by atoms with van der Waals surface area (Å²) in [5.74, 6) is 1.71. The van der Waals surface area contributed by atoms with Crippen LogP contribution in [0.3, 0.4) is 0 Å². The van der Waals surface area contributed by atoms with Crippen molar-refractivity contribution in [1.29, 1.82) is 0 Å². The van der Waals surface area contributed by atoms with Crippen LogP contribution in [0.1, 0.15) is 18.3 Å². The summed E-state index contributed by atoms with van der Waals surface area (Å²) in [5.41, 5.74) is 1.05. The first-order valence-corrected chi connectivity index (χ1v) is 6.03. The third kappa shape index (κ3) is 2.87. The van der Waals surface area contributed by atoms with Gasteiger partial charge < -0.3 is 14.6 Å². The van der Waals surface area contributed by atoms with E-state index >= 15 is 0 Å². The molecule has 0 aliphatic heterocycles. The maximum absolute atomic E-state index is 5.21. The SMILES string of the molecule is CCn1ccnc1CNCc1cccnc1OC. The number of nitrogens with zero attached hydrogens (tertiary/aromatic N) is 3. The fraction of sp³-hybridized carbons (Fsp3) is 0.385. The molecule has 5 nitrogen and oxygen atoms in total. The van der Waals surface area contributed by atoms with Crippen molar-refractivity contribution in [3.8, 4) is 5.88 Å². The van der Waals surface area contributed by atoms with Crippen LogP contribution in [0.2, 0.25) is 0 Å². The van der Waals surface area contributed by atoms with Crippen LogP contribution in [-0.4, -0.2) is 21.6 Å². The average Bonchev–Trinajstić information content (AvgIpc) is 2.87. The van der Waals surface area contributed by atoms with Crippen LogP contribution in [0, 0.1) is 0 Å². The lowest BCUT2D eigenvalue weighted by molar-refractivity contribution is 0.390. The summed E-state index contributed by atoms with van der Waals surface area (Å²) in [4.78, 5) is 8.48. The van der Waals surface area contributed by atoms with Crippen molar-refractivity contribution in [1.82, 2.24) is 19.9 Å². The number of ether oxygens (including phenoxy) is 1. The van der Waals surface area contributed by atoms with E-state index in [-0.39, 0.29) is 0 Å². The van der Waals surface area contributed by atoms with E-state index in [1.807, 2.05) is 24.5 Å². The van der Waals surface area contributed by atoms with E-state index in [9.17, 15) is 0 Å². The minimum absolute atomic E-state index is 0.670. The lowest BCUT2D eigenvalue weighted by Gasteiger charge is -2.09. The number of aromatic nitrogens is 3. The van der Waals surface area contributed by atoms with Crippen molar-refractivity contribution >= 4 is 0 Å². The molecular formula is C13H18N4O. The molecule has 0 amide bonds. The summed E-state index contributed by atoms with van der Waals surface area (Å²) in [5, 5.41) is 3.35. The van der Waals surface area contributed by atoms with E-state index in [0.29, 0.717) is 12.4 Å². The maximum Gasteiger partial charge on any atom is 0.217 e. The molecule has 2 rings (SSSR count). The number of hydrogen-bond acceptors (Lipinski definition) is 4. The number of nitrogens with one attached hydrogen (secondary N) is 1. The molecule has 18 heavy (non-hydrogen) atoms. The highest BCUT2D eigenvalue weighted by atomic mass is 16.5. The topological polar surface area (TPSA) is 52.0 Å². The number of imidazole rings is 1. The van der Waals surface area contributed by atoms with Gasteiger partial charge >= 0.3 is 0 Å². The lowest BCUT2D eigenvalue weighted by atomic mass is 10.2. The summed E-state index contributed by atoms with van der Waals surface area (Å²) >= 11 is 0. The molecule has 0 saturated heterocycles. The molecular weight excluding hydrogens is 228 g/mol. The van der Waals surface area contributed by atoms with Gasteiger partial charge in [0.15, 0.2) is 0 Å². The Bertz CT molecular complexity index is 495. The summed E-state index contributed by atoms with van der Waals surface area (Å²) in [6.45, 7) is 4.50. The fourth-order valence-electron chi connectivity index (χ4n) is 1.85. The van der Waals surface area contributed by atoms with Gasteiger partial charge in [-0.05, 0) is 13.0 Å². The van der Waals surface area contributed by atoms with Crippen LogP contribution in [-0.2, 0) is 19.6 Å². The van der Waals surface area contributed by atoms with E-state index in [4.69, 9.17) is 4.74 Å². The molecule has 0 aromatic carbocycles. The van der Waals surface area contributed by atoms with Crippen molar-refractivity contribution in [3.05, 3.63) is 42.1 Å². The fourth-order valence-corrected chi connectivity index (χ4v) is 1.85. The zero-order chi connectivity index (χ0) is 12.8. The van der Waals surface area contributed by atoms with Crippen LogP contribution < -0.4 is 10.1 Å². The first kappa shape index (κ1) is 12.6. The second kappa shape index (κ2) is 6.16. The highest BCUT2D eigenvalue weighted by Crippen LogP contribution is 2.12. The van der Waals surface area contributed by atoms with Gasteiger partial charge in [-0.1, -0.05) is 6.07 Å². The van der Waals surface area contributed by atoms with E-state index in [1.54, 1.807) is 13.3 Å². The number of rotatable bonds is 6. The molecule has 96 valence electrons. The quantitative estimate of drug-likeness (QED) is 0.841. The molecule has 0 aliphatic rings. The van der Waals surface area contributed by atoms with Gasteiger partial charge in [-0.25, -0.2) is 9.97 Å². The summed E-state index contributed by atoms with van der Waals surface area (Å²) in [6, 6.07) is 3.91. The van der Waals surface area contributed by atoms with Gasteiger partial charge in [0.25, 0.3) is 0 Å². The predicted octanol–water partition coefficient (Wildman–Crippen LogP) is 1.60. The van der Waals surface area contributed by atoms with E-state index < -0.39 is 0 Å². The molecule has 0 unspecified atom stereocenters. The number of hydrogen-bond donors (Lipinski definition) is 1. The molecule has 2 aromatic heterocycles. The highest BCUT2D eigenvalue weighted by Gasteiger charge is 2.04. The molecule has 2 aromatic rings. The molecule has 2 heterocycles. The first-order chi connectivity index (χ1) is 8.85. The normalized spacial score (nSPS) is 10.6. The molecule has 5 heteroatoms. The Hall–Kier alpha value is -1.88. The zero-order valence-electron chi connectivity index (χ0n) is 10.8. The van der Waals surface area contributed by atoms with Crippen LogP contribution >= 0.6 is 0 Å². The Balaban J connectivity index is 1.92. The van der Waals surface area contributed by atoms with Crippen LogP contribution in [0.4, 0.5) is 0 Å². The van der Waals surface area contributed by atoms with E-state index in [0.717, 1.165) is 24.5 Å². The molecule has 0 fully saturated rings. The predicted molar refractivity (Wildman–Crippen MR) is 69.2 cm³/mol. The lowest BCUT2D eigenvalue weighted by Crippen LogP contribution is -2.17. The minimum atomic E-state index is 0.670. The van der Waals surface area contributed by atoms with Gasteiger partial charge in [0.1, 0.15) is 5.82 Å². The van der Waals surface area contributed by atoms with Crippen LogP contribution in [0.5, 0.6) is 5.88 Å². The molecule has 1 N–H and O–H groups in total.